The molecular formula is C18H38AlLiN2O3. The summed E-state index contributed by atoms with van der Waals surface area (Å²) < 4.78 is 4.94. The number of imide groups is 1. The molecule has 0 aromatic carbocycles. The maximum absolute atomic E-state index is 10.8. The van der Waals surface area contributed by atoms with Crippen LogP contribution >= 0.6 is 0 Å². The number of ether oxygens (including phenoxy) is 1. The maximum Gasteiger partial charge on any atom is 1.00 e. The number of carbonyl (C=O) groups excluding carboxylic acids is 2. The Kier molecular flexibility index (Phi) is 14.7. The molecule has 0 bridgehead atoms. The minimum atomic E-state index is -0.152. The minimum Gasteiger partial charge on any atom is -1.00 e. The van der Waals surface area contributed by atoms with Crippen LogP contribution in [0.5, 0.6) is 0 Å². The minimum absolute atomic E-state index is 0. The van der Waals surface area contributed by atoms with Crippen molar-refractivity contribution in [1.29, 1.82) is 0 Å². The second-order valence-corrected chi connectivity index (χ2v) is 8.22. The molecule has 0 aromatic rings. The van der Waals surface area contributed by atoms with Crippen LogP contribution in [0.3, 0.4) is 0 Å². The number of hydrogen-bond acceptors (Lipinski definition) is 4. The standard InChI is InChI=1S/C7H11NO2.C7H15N.C4H8O.Al.Li.4H/c1-7(2)3-5(9)8-6(10)4-7;1-7(2)3-5-8-6-4-7;1-2-4-5-3-1;;;;;;/h3-4H2,1-2H3,(H,8,9,10);8H,3-6H2,1-2H3;1-4H2;;;;;;/q;;;;+1;;;;-1. The van der Waals surface area contributed by atoms with E-state index in [-0.39, 0.29) is 54.9 Å². The van der Waals surface area contributed by atoms with Crippen LogP contribution in [0.4, 0.5) is 0 Å². The summed E-state index contributed by atoms with van der Waals surface area (Å²) in [4.78, 5) is 21.5. The van der Waals surface area contributed by atoms with Gasteiger partial charge >= 0.3 is 18.9 Å². The van der Waals surface area contributed by atoms with E-state index < -0.39 is 0 Å². The van der Waals surface area contributed by atoms with Crippen molar-refractivity contribution in [2.45, 2.75) is 66.2 Å². The van der Waals surface area contributed by atoms with Gasteiger partial charge in [-0.3, -0.25) is 14.9 Å². The molecule has 3 aliphatic heterocycles. The summed E-state index contributed by atoms with van der Waals surface area (Å²) in [6.07, 6.45) is 6.15. The summed E-state index contributed by atoms with van der Waals surface area (Å²) in [5, 5.41) is 5.60. The molecule has 0 atom stereocenters. The first-order chi connectivity index (χ1) is 10.7. The SMILES string of the molecule is C1CCOC1.CC1(C)CC(=O)NC(=O)C1.CC1(C)CCNCC1.[AlH3].[H-].[Li+]. The Hall–Kier alpha value is 0.190. The summed E-state index contributed by atoms with van der Waals surface area (Å²) in [6.45, 7) is 13.0. The maximum atomic E-state index is 10.8. The zero-order valence-electron chi connectivity index (χ0n) is 17.3. The molecule has 2 amide bonds. The van der Waals surface area contributed by atoms with E-state index in [9.17, 15) is 9.59 Å². The second kappa shape index (κ2) is 13.4. The van der Waals surface area contributed by atoms with Crippen LogP contribution in [-0.2, 0) is 14.3 Å². The fourth-order valence-corrected chi connectivity index (χ4v) is 2.79. The van der Waals surface area contributed by atoms with Crippen molar-refractivity contribution in [3.05, 3.63) is 0 Å². The molecule has 142 valence electrons. The third kappa shape index (κ3) is 14.0. The molecule has 3 heterocycles. The third-order valence-corrected chi connectivity index (χ3v) is 4.34. The van der Waals surface area contributed by atoms with Crippen molar-refractivity contribution in [2.75, 3.05) is 26.3 Å². The smallest absolute Gasteiger partial charge is 1.00 e. The van der Waals surface area contributed by atoms with E-state index >= 15 is 0 Å². The Morgan fingerprint density at radius 3 is 1.56 bits per heavy atom. The van der Waals surface area contributed by atoms with Crippen LogP contribution in [0.1, 0.15) is 67.6 Å². The van der Waals surface area contributed by atoms with Crippen molar-refractivity contribution in [3.63, 3.8) is 0 Å². The van der Waals surface area contributed by atoms with Gasteiger partial charge in [0.15, 0.2) is 17.4 Å². The largest absolute Gasteiger partial charge is 1.00 e. The summed E-state index contributed by atoms with van der Waals surface area (Å²) in [7, 11) is 0. The number of nitrogens with one attached hydrogen (secondary N) is 2. The van der Waals surface area contributed by atoms with E-state index in [1.54, 1.807) is 0 Å². The molecule has 0 aliphatic carbocycles. The fourth-order valence-electron chi connectivity index (χ4n) is 2.79. The van der Waals surface area contributed by atoms with E-state index in [1.807, 2.05) is 13.8 Å². The molecule has 0 aromatic heterocycles. The molecular weight excluding hydrogens is 326 g/mol. The molecule has 5 nitrogen and oxygen atoms in total. The topological polar surface area (TPSA) is 67.4 Å². The van der Waals surface area contributed by atoms with E-state index in [4.69, 9.17) is 4.74 Å². The van der Waals surface area contributed by atoms with Gasteiger partial charge in [0.2, 0.25) is 11.8 Å². The van der Waals surface area contributed by atoms with Crippen molar-refractivity contribution in [2.24, 2.45) is 10.8 Å². The van der Waals surface area contributed by atoms with Crippen LogP contribution in [0, 0.1) is 10.8 Å². The van der Waals surface area contributed by atoms with Gasteiger partial charge in [-0.1, -0.05) is 27.7 Å². The summed E-state index contributed by atoms with van der Waals surface area (Å²) in [6, 6.07) is 0. The van der Waals surface area contributed by atoms with Crippen molar-refractivity contribution < 1.29 is 34.6 Å². The van der Waals surface area contributed by atoms with Gasteiger partial charge in [0.1, 0.15) is 0 Å². The molecule has 0 saturated carbocycles. The summed E-state index contributed by atoms with van der Waals surface area (Å²) in [5.74, 6) is -0.303. The molecule has 3 rings (SSSR count). The number of rotatable bonds is 0. The Balaban J connectivity index is -0.000000301. The quantitative estimate of drug-likeness (QED) is 0.409. The fraction of sp³-hybridized carbons (Fsp3) is 0.889. The van der Waals surface area contributed by atoms with Gasteiger partial charge in [-0.05, 0) is 49.6 Å². The second-order valence-electron chi connectivity index (χ2n) is 8.22. The molecule has 0 unspecified atom stereocenters. The van der Waals surface area contributed by atoms with Gasteiger partial charge in [0.05, 0.1) is 0 Å². The molecule has 3 aliphatic rings. The van der Waals surface area contributed by atoms with Crippen LogP contribution in [0.15, 0.2) is 0 Å². The normalized spacial score (nSPS) is 23.4. The zero-order valence-corrected chi connectivity index (χ0v) is 16.3. The van der Waals surface area contributed by atoms with Gasteiger partial charge in [0.25, 0.3) is 0 Å². The summed E-state index contributed by atoms with van der Waals surface area (Å²) in [5.41, 5.74) is 0.477. The number of carbonyl (C=O) groups is 2. The van der Waals surface area contributed by atoms with Crippen LogP contribution in [0.2, 0.25) is 0 Å². The van der Waals surface area contributed by atoms with Gasteiger partial charge < -0.3 is 11.5 Å². The molecule has 0 radical (unpaired) electrons. The van der Waals surface area contributed by atoms with Gasteiger partial charge in [-0.25, -0.2) is 0 Å². The van der Waals surface area contributed by atoms with Crippen LogP contribution in [0.25, 0.3) is 0 Å². The molecule has 25 heavy (non-hydrogen) atoms. The Morgan fingerprint density at radius 2 is 1.32 bits per heavy atom. The number of hydrogen-bond donors (Lipinski definition) is 2. The van der Waals surface area contributed by atoms with E-state index in [0.717, 1.165) is 13.2 Å². The van der Waals surface area contributed by atoms with Crippen LogP contribution in [-0.4, -0.2) is 55.5 Å². The number of amides is 2. The molecule has 0 spiro atoms. The van der Waals surface area contributed by atoms with Gasteiger partial charge in [0, 0.05) is 26.1 Å². The Morgan fingerprint density at radius 1 is 0.880 bits per heavy atom. The first-order valence-corrected chi connectivity index (χ1v) is 8.81. The van der Waals surface area contributed by atoms with Crippen molar-refractivity contribution in [1.82, 2.24) is 10.6 Å². The molecule has 2 N–H and O–H groups in total. The number of piperidine rings is 2. The first-order valence-electron chi connectivity index (χ1n) is 8.81. The average Bonchev–Trinajstić information content (AvgIpc) is 2.94. The molecule has 3 saturated heterocycles. The third-order valence-electron chi connectivity index (χ3n) is 4.34. The first kappa shape index (κ1) is 27.4. The predicted octanol–water partition coefficient (Wildman–Crippen LogP) is -1.43. The van der Waals surface area contributed by atoms with Crippen LogP contribution < -0.4 is 29.5 Å². The molecule has 7 heteroatoms. The molecule has 3 fully saturated rings. The van der Waals surface area contributed by atoms with Crippen molar-refractivity contribution in [3.8, 4) is 0 Å². The van der Waals surface area contributed by atoms with E-state index in [1.165, 1.54) is 38.8 Å². The van der Waals surface area contributed by atoms with E-state index in [0.29, 0.717) is 18.3 Å². The van der Waals surface area contributed by atoms with Gasteiger partial charge in [-0.2, -0.15) is 0 Å². The monoisotopic (exact) mass is 364 g/mol. The average molecular weight is 364 g/mol. The van der Waals surface area contributed by atoms with E-state index in [2.05, 4.69) is 24.5 Å². The Bertz CT molecular complexity index is 372. The van der Waals surface area contributed by atoms with Crippen molar-refractivity contribution >= 4 is 29.2 Å². The Labute approximate surface area is 177 Å². The zero-order chi connectivity index (χ0) is 17.3. The van der Waals surface area contributed by atoms with Gasteiger partial charge in [-0.15, -0.1) is 0 Å². The predicted molar refractivity (Wildman–Crippen MR) is 103 cm³/mol. The summed E-state index contributed by atoms with van der Waals surface area (Å²) >= 11 is 0.